The van der Waals surface area contributed by atoms with Crippen LogP contribution in [-0.2, 0) is 4.57 Å². The first kappa shape index (κ1) is 17.2. The molecule has 6 heteroatoms. The van der Waals surface area contributed by atoms with Crippen LogP contribution in [0, 0.1) is 6.92 Å². The van der Waals surface area contributed by atoms with Gasteiger partial charge in [0.1, 0.15) is 7.14 Å². The summed E-state index contributed by atoms with van der Waals surface area (Å²) in [4.78, 5) is 8.85. The minimum Gasteiger partial charge on any atom is -0.399 e. The third-order valence-corrected chi connectivity index (χ3v) is 5.49. The minimum absolute atomic E-state index is 0.506. The monoisotopic (exact) mass is 352 g/mol. The highest BCUT2D eigenvalue weighted by Crippen LogP contribution is 2.35. The molecule has 25 heavy (non-hydrogen) atoms. The molecule has 5 nitrogen and oxygen atoms in total. The van der Waals surface area contributed by atoms with Gasteiger partial charge in [-0.3, -0.25) is 0 Å². The van der Waals surface area contributed by atoms with Crippen molar-refractivity contribution in [3.05, 3.63) is 60.3 Å². The zero-order valence-electron chi connectivity index (χ0n) is 14.5. The fourth-order valence-corrected chi connectivity index (χ4v) is 3.33. The van der Waals surface area contributed by atoms with Crippen LogP contribution in [0.5, 0.6) is 0 Å². The zero-order chi connectivity index (χ0) is 18.0. The van der Waals surface area contributed by atoms with Crippen LogP contribution in [0.25, 0.3) is 11.3 Å². The van der Waals surface area contributed by atoms with Crippen molar-refractivity contribution < 1.29 is 4.57 Å². The summed E-state index contributed by atoms with van der Waals surface area (Å²) in [5.41, 5.74) is 10.2. The quantitative estimate of drug-likeness (QED) is 0.547. The van der Waals surface area contributed by atoms with Crippen molar-refractivity contribution >= 4 is 29.8 Å². The molecule has 0 aliphatic rings. The summed E-state index contributed by atoms with van der Waals surface area (Å²) < 4.78 is 12.1. The van der Waals surface area contributed by atoms with E-state index in [4.69, 9.17) is 5.73 Å². The predicted octanol–water partition coefficient (Wildman–Crippen LogP) is 4.03. The number of benzene rings is 2. The molecule has 0 aliphatic carbocycles. The van der Waals surface area contributed by atoms with Gasteiger partial charge in [-0.1, -0.05) is 30.3 Å². The van der Waals surface area contributed by atoms with Gasteiger partial charge < -0.3 is 15.6 Å². The predicted molar refractivity (Wildman–Crippen MR) is 105 cm³/mol. The van der Waals surface area contributed by atoms with E-state index in [9.17, 15) is 4.57 Å². The largest absolute Gasteiger partial charge is 0.399 e. The maximum atomic E-state index is 12.1. The van der Waals surface area contributed by atoms with Crippen LogP contribution < -0.4 is 16.4 Å². The normalized spacial score (nSPS) is 11.3. The first-order valence-corrected chi connectivity index (χ1v) is 10.6. The second-order valence-corrected chi connectivity index (χ2v) is 9.58. The van der Waals surface area contributed by atoms with Crippen molar-refractivity contribution in [2.45, 2.75) is 6.92 Å². The molecule has 0 aliphatic heterocycles. The first-order chi connectivity index (χ1) is 11.8. The van der Waals surface area contributed by atoms with E-state index in [2.05, 4.69) is 15.3 Å². The molecule has 3 aromatic rings. The number of anilines is 3. The van der Waals surface area contributed by atoms with E-state index >= 15 is 0 Å². The van der Waals surface area contributed by atoms with E-state index in [1.165, 1.54) is 0 Å². The summed E-state index contributed by atoms with van der Waals surface area (Å²) in [6.07, 6.45) is 1.71. The van der Waals surface area contributed by atoms with Crippen LogP contribution in [0.1, 0.15) is 5.56 Å². The smallest absolute Gasteiger partial charge is 0.227 e. The fraction of sp³-hybridized carbons (Fsp3) is 0.158. The van der Waals surface area contributed by atoms with Gasteiger partial charge in [-0.15, -0.1) is 0 Å². The average Bonchev–Trinajstić information content (AvgIpc) is 2.58. The van der Waals surface area contributed by atoms with E-state index < -0.39 is 7.14 Å². The Labute approximate surface area is 147 Å². The van der Waals surface area contributed by atoms with Gasteiger partial charge in [0.2, 0.25) is 5.95 Å². The summed E-state index contributed by atoms with van der Waals surface area (Å²) in [7, 11) is -2.25. The molecular formula is C19H21N4OP. The molecule has 0 fully saturated rings. The molecule has 1 aromatic heterocycles. The van der Waals surface area contributed by atoms with E-state index in [1.807, 2.05) is 55.5 Å². The molecule has 0 unspecified atom stereocenters. The van der Waals surface area contributed by atoms with E-state index in [1.54, 1.807) is 19.5 Å². The Balaban J connectivity index is 1.89. The number of rotatable bonds is 4. The van der Waals surface area contributed by atoms with Crippen molar-refractivity contribution in [2.75, 3.05) is 24.4 Å². The van der Waals surface area contributed by atoms with E-state index in [-0.39, 0.29) is 0 Å². The lowest BCUT2D eigenvalue weighted by atomic mass is 10.1. The fourth-order valence-electron chi connectivity index (χ4n) is 2.47. The maximum Gasteiger partial charge on any atom is 0.227 e. The van der Waals surface area contributed by atoms with Crippen molar-refractivity contribution in [1.29, 1.82) is 0 Å². The van der Waals surface area contributed by atoms with Crippen LogP contribution >= 0.6 is 7.14 Å². The highest BCUT2D eigenvalue weighted by Gasteiger charge is 2.11. The molecule has 3 rings (SSSR count). The van der Waals surface area contributed by atoms with Crippen LogP contribution in [0.2, 0.25) is 0 Å². The molecule has 3 N–H and O–H groups in total. The topological polar surface area (TPSA) is 80.9 Å². The van der Waals surface area contributed by atoms with Crippen LogP contribution in [0.4, 0.5) is 17.3 Å². The highest BCUT2D eigenvalue weighted by molar-refractivity contribution is 7.70. The first-order valence-electron chi connectivity index (χ1n) is 7.95. The van der Waals surface area contributed by atoms with Gasteiger partial charge in [0.05, 0.1) is 5.69 Å². The van der Waals surface area contributed by atoms with Gasteiger partial charge in [0.15, 0.2) is 0 Å². The minimum atomic E-state index is -2.25. The van der Waals surface area contributed by atoms with Crippen molar-refractivity contribution in [3.8, 4) is 11.3 Å². The average molecular weight is 352 g/mol. The van der Waals surface area contributed by atoms with Gasteiger partial charge in [-0.25, -0.2) is 9.97 Å². The second-order valence-electron chi connectivity index (χ2n) is 6.36. The Morgan fingerprint density at radius 1 is 1.04 bits per heavy atom. The van der Waals surface area contributed by atoms with Crippen molar-refractivity contribution in [3.63, 3.8) is 0 Å². The zero-order valence-corrected chi connectivity index (χ0v) is 15.4. The molecular weight excluding hydrogens is 331 g/mol. The molecule has 0 amide bonds. The van der Waals surface area contributed by atoms with Gasteiger partial charge in [-0.05, 0) is 44.0 Å². The lowest BCUT2D eigenvalue weighted by Gasteiger charge is -2.11. The third kappa shape index (κ3) is 4.06. The highest BCUT2D eigenvalue weighted by atomic mass is 31.2. The van der Waals surface area contributed by atoms with Gasteiger partial charge >= 0.3 is 0 Å². The van der Waals surface area contributed by atoms with Gasteiger partial charge in [0.25, 0.3) is 0 Å². The SMILES string of the molecule is Cc1ccc(N)cc1Nc1nccc(-c2ccc(P(C)(C)=O)cc2)n1. The number of nitrogen functional groups attached to an aromatic ring is 1. The van der Waals surface area contributed by atoms with Gasteiger partial charge in [-0.2, -0.15) is 0 Å². The molecule has 128 valence electrons. The van der Waals surface area contributed by atoms with Crippen molar-refractivity contribution in [1.82, 2.24) is 9.97 Å². The Morgan fingerprint density at radius 2 is 1.76 bits per heavy atom. The van der Waals surface area contributed by atoms with E-state index in [0.717, 1.165) is 27.8 Å². The second kappa shape index (κ2) is 6.69. The number of aromatic nitrogens is 2. The number of nitrogens with two attached hydrogens (primary N) is 1. The summed E-state index contributed by atoms with van der Waals surface area (Å²) in [6, 6.07) is 15.2. The van der Waals surface area contributed by atoms with Crippen LogP contribution in [0.15, 0.2) is 54.7 Å². The summed E-state index contributed by atoms with van der Waals surface area (Å²) in [5.74, 6) is 0.506. The molecule has 0 saturated carbocycles. The lowest BCUT2D eigenvalue weighted by molar-refractivity contribution is 0.588. The maximum absolute atomic E-state index is 12.1. The molecule has 1 heterocycles. The van der Waals surface area contributed by atoms with Crippen molar-refractivity contribution in [2.24, 2.45) is 0 Å². The Kier molecular flexibility index (Phi) is 4.60. The molecule has 0 radical (unpaired) electrons. The molecule has 0 spiro atoms. The Morgan fingerprint density at radius 3 is 2.44 bits per heavy atom. The number of nitrogens with zero attached hydrogens (tertiary/aromatic N) is 2. The molecule has 0 bridgehead atoms. The number of aryl methyl sites for hydroxylation is 1. The Hall–Kier alpha value is -2.65. The summed E-state index contributed by atoms with van der Waals surface area (Å²) in [6.45, 7) is 5.53. The lowest BCUT2D eigenvalue weighted by Crippen LogP contribution is -2.03. The van der Waals surface area contributed by atoms with Gasteiger partial charge in [0, 0.05) is 28.4 Å². The van der Waals surface area contributed by atoms with E-state index in [0.29, 0.717) is 11.6 Å². The number of hydrogen-bond acceptors (Lipinski definition) is 5. The summed E-state index contributed by atoms with van der Waals surface area (Å²) >= 11 is 0. The Bertz CT molecular complexity index is 948. The summed E-state index contributed by atoms with van der Waals surface area (Å²) in [5, 5.41) is 4.07. The van der Waals surface area contributed by atoms with Crippen LogP contribution in [0.3, 0.4) is 0 Å². The number of nitrogens with one attached hydrogen (secondary N) is 1. The molecule has 0 atom stereocenters. The number of hydrogen-bond donors (Lipinski definition) is 2. The molecule has 2 aromatic carbocycles. The standard InChI is InChI=1S/C19H21N4OP/c1-13-4-7-15(20)12-18(13)23-19-21-11-10-17(22-19)14-5-8-16(9-6-14)25(2,3)24/h4-12H,20H2,1-3H3,(H,21,22,23). The third-order valence-electron chi connectivity index (χ3n) is 3.95. The van der Waals surface area contributed by atoms with Crippen LogP contribution in [-0.4, -0.2) is 23.3 Å². The molecule has 0 saturated heterocycles.